The molecule has 2 N–H and O–H groups in total. The first-order valence-electron chi connectivity index (χ1n) is 8.60. The first kappa shape index (κ1) is 20.9. The zero-order valence-electron chi connectivity index (χ0n) is 15.8. The highest BCUT2D eigenvalue weighted by Crippen LogP contribution is 2.36. The molecule has 2 amide bonds. The van der Waals surface area contributed by atoms with Crippen LogP contribution in [0.4, 0.5) is 11.4 Å². The second-order valence-corrected chi connectivity index (χ2v) is 7.26. The molecule has 3 rings (SSSR count). The van der Waals surface area contributed by atoms with E-state index < -0.39 is 0 Å². The fourth-order valence-corrected chi connectivity index (χ4v) is 3.40. The maximum absolute atomic E-state index is 12.6. The number of hydrogen-bond acceptors (Lipinski definition) is 6. The molecule has 2 aromatic rings. The molecule has 1 aliphatic heterocycles. The molecule has 2 aromatic carbocycles. The van der Waals surface area contributed by atoms with E-state index >= 15 is 0 Å². The predicted octanol–water partition coefficient (Wildman–Crippen LogP) is 4.15. The van der Waals surface area contributed by atoms with Crippen LogP contribution in [0, 0.1) is 0 Å². The van der Waals surface area contributed by atoms with Crippen LogP contribution < -0.4 is 20.1 Å². The Bertz CT molecular complexity index is 947. The van der Waals surface area contributed by atoms with E-state index in [-0.39, 0.29) is 17.6 Å². The number of thioether (sulfide) groups is 1. The first-order valence-corrected chi connectivity index (χ1v) is 10.0. The van der Waals surface area contributed by atoms with Crippen LogP contribution in [0.3, 0.4) is 0 Å². The highest BCUT2D eigenvalue weighted by Gasteiger charge is 2.16. The van der Waals surface area contributed by atoms with Crippen LogP contribution in [-0.2, 0) is 9.53 Å². The standard InChI is InChI=1S/C20H19ClN2O5S/c1-26-16-10-17(27-2)15(9-14(16)21)23-19(24)12-3-5-13(6-4-12)22-20(25)18-11-29-8-7-28-18/h3-6,9-11H,7-8H2,1-2H3,(H,22,25)(H,23,24). The molecule has 0 spiro atoms. The van der Waals surface area contributed by atoms with Crippen LogP contribution in [0.25, 0.3) is 0 Å². The van der Waals surface area contributed by atoms with Crippen LogP contribution in [0.15, 0.2) is 47.6 Å². The summed E-state index contributed by atoms with van der Waals surface area (Å²) in [5.74, 6) is 1.29. The Morgan fingerprint density at radius 3 is 2.38 bits per heavy atom. The number of anilines is 2. The van der Waals surface area contributed by atoms with E-state index in [1.54, 1.807) is 41.8 Å². The molecule has 0 aromatic heterocycles. The highest BCUT2D eigenvalue weighted by atomic mass is 35.5. The Kier molecular flexibility index (Phi) is 6.90. The molecular formula is C20H19ClN2O5S. The second-order valence-electron chi connectivity index (χ2n) is 5.87. The van der Waals surface area contributed by atoms with Crippen molar-refractivity contribution in [1.29, 1.82) is 0 Å². The number of amides is 2. The lowest BCUT2D eigenvalue weighted by Crippen LogP contribution is -2.19. The number of carbonyl (C=O) groups is 2. The topological polar surface area (TPSA) is 85.9 Å². The number of ether oxygens (including phenoxy) is 3. The van der Waals surface area contributed by atoms with Gasteiger partial charge in [-0.15, -0.1) is 11.8 Å². The third-order valence-electron chi connectivity index (χ3n) is 4.00. The van der Waals surface area contributed by atoms with Gasteiger partial charge in [0.25, 0.3) is 11.8 Å². The number of nitrogens with one attached hydrogen (secondary N) is 2. The van der Waals surface area contributed by atoms with Crippen molar-refractivity contribution in [1.82, 2.24) is 0 Å². The van der Waals surface area contributed by atoms with Gasteiger partial charge in [0, 0.05) is 28.5 Å². The van der Waals surface area contributed by atoms with Gasteiger partial charge in [-0.25, -0.2) is 0 Å². The summed E-state index contributed by atoms with van der Waals surface area (Å²) < 4.78 is 15.7. The van der Waals surface area contributed by atoms with Crippen LogP contribution in [0.1, 0.15) is 10.4 Å². The molecule has 152 valence electrons. The van der Waals surface area contributed by atoms with Gasteiger partial charge in [-0.1, -0.05) is 11.6 Å². The number of hydrogen-bond donors (Lipinski definition) is 2. The number of rotatable bonds is 6. The Hall–Kier alpha value is -2.84. The number of benzene rings is 2. The molecule has 1 heterocycles. The summed E-state index contributed by atoms with van der Waals surface area (Å²) in [4.78, 5) is 24.7. The number of halogens is 1. The van der Waals surface area contributed by atoms with Gasteiger partial charge in [-0.05, 0) is 30.3 Å². The van der Waals surface area contributed by atoms with E-state index in [1.165, 1.54) is 26.0 Å². The van der Waals surface area contributed by atoms with Crippen LogP contribution >= 0.6 is 23.4 Å². The van der Waals surface area contributed by atoms with E-state index in [4.69, 9.17) is 25.8 Å². The van der Waals surface area contributed by atoms with E-state index in [2.05, 4.69) is 10.6 Å². The quantitative estimate of drug-likeness (QED) is 0.710. The molecule has 7 nitrogen and oxygen atoms in total. The summed E-state index contributed by atoms with van der Waals surface area (Å²) in [5, 5.41) is 7.53. The van der Waals surface area contributed by atoms with Gasteiger partial charge in [0.1, 0.15) is 11.5 Å². The molecule has 0 atom stereocenters. The Balaban J connectivity index is 1.68. The first-order chi connectivity index (χ1) is 14.0. The Morgan fingerprint density at radius 1 is 1.03 bits per heavy atom. The SMILES string of the molecule is COc1cc(OC)c(NC(=O)c2ccc(NC(=O)C3=CSCCO3)cc2)cc1Cl. The molecule has 0 unspecified atom stereocenters. The monoisotopic (exact) mass is 434 g/mol. The molecular weight excluding hydrogens is 416 g/mol. The van der Waals surface area contributed by atoms with Crippen LogP contribution in [0.5, 0.6) is 11.5 Å². The van der Waals surface area contributed by atoms with E-state index in [1.807, 2.05) is 0 Å². The smallest absolute Gasteiger partial charge is 0.291 e. The normalized spacial score (nSPS) is 13.0. The third-order valence-corrected chi connectivity index (χ3v) is 5.08. The minimum atomic E-state index is -0.350. The summed E-state index contributed by atoms with van der Waals surface area (Å²) in [6, 6.07) is 9.64. The Labute approximate surface area is 177 Å². The van der Waals surface area contributed by atoms with Gasteiger partial charge in [0.2, 0.25) is 0 Å². The van der Waals surface area contributed by atoms with Gasteiger partial charge in [-0.3, -0.25) is 9.59 Å². The summed E-state index contributed by atoms with van der Waals surface area (Å²) in [7, 11) is 2.98. The average molecular weight is 435 g/mol. The molecule has 0 radical (unpaired) electrons. The summed E-state index contributed by atoms with van der Waals surface area (Å²) >= 11 is 7.66. The fraction of sp³-hybridized carbons (Fsp3) is 0.200. The largest absolute Gasteiger partial charge is 0.495 e. The number of methoxy groups -OCH3 is 2. The lowest BCUT2D eigenvalue weighted by Gasteiger charge is -2.14. The van der Waals surface area contributed by atoms with Gasteiger partial charge in [0.05, 0.1) is 31.5 Å². The van der Waals surface area contributed by atoms with Crippen LogP contribution in [-0.4, -0.2) is 38.4 Å². The lowest BCUT2D eigenvalue weighted by atomic mass is 10.2. The van der Waals surface area contributed by atoms with Crippen molar-refractivity contribution < 1.29 is 23.8 Å². The van der Waals surface area contributed by atoms with Crippen molar-refractivity contribution in [2.75, 3.05) is 37.2 Å². The second kappa shape index (κ2) is 9.58. The van der Waals surface area contributed by atoms with Gasteiger partial charge < -0.3 is 24.8 Å². The predicted molar refractivity (Wildman–Crippen MR) is 114 cm³/mol. The summed E-state index contributed by atoms with van der Waals surface area (Å²) in [5.41, 5.74) is 1.37. The molecule has 0 saturated heterocycles. The van der Waals surface area contributed by atoms with Gasteiger partial charge in [-0.2, -0.15) is 0 Å². The average Bonchev–Trinajstić information content (AvgIpc) is 2.75. The van der Waals surface area contributed by atoms with E-state index in [0.717, 1.165) is 5.75 Å². The van der Waals surface area contributed by atoms with Crippen molar-refractivity contribution in [3.05, 3.63) is 58.2 Å². The van der Waals surface area contributed by atoms with E-state index in [0.29, 0.717) is 40.1 Å². The Morgan fingerprint density at radius 2 is 1.76 bits per heavy atom. The van der Waals surface area contributed by atoms with Crippen molar-refractivity contribution in [2.45, 2.75) is 0 Å². The van der Waals surface area contributed by atoms with Gasteiger partial charge >= 0.3 is 0 Å². The lowest BCUT2D eigenvalue weighted by molar-refractivity contribution is -0.116. The molecule has 0 fully saturated rings. The molecule has 0 saturated carbocycles. The molecule has 0 bridgehead atoms. The maximum atomic E-state index is 12.6. The highest BCUT2D eigenvalue weighted by molar-refractivity contribution is 8.02. The summed E-state index contributed by atoms with van der Waals surface area (Å²) in [6.07, 6.45) is 0. The van der Waals surface area contributed by atoms with E-state index in [9.17, 15) is 9.59 Å². The molecule has 29 heavy (non-hydrogen) atoms. The van der Waals surface area contributed by atoms with Crippen molar-refractivity contribution in [2.24, 2.45) is 0 Å². The minimum absolute atomic E-state index is 0.284. The van der Waals surface area contributed by atoms with Gasteiger partial charge in [0.15, 0.2) is 5.76 Å². The third kappa shape index (κ3) is 5.16. The van der Waals surface area contributed by atoms with Crippen molar-refractivity contribution in [3.8, 4) is 11.5 Å². The molecule has 1 aliphatic rings. The van der Waals surface area contributed by atoms with Crippen LogP contribution in [0.2, 0.25) is 5.02 Å². The fourth-order valence-electron chi connectivity index (χ4n) is 2.54. The number of carbonyl (C=O) groups excluding carboxylic acids is 2. The van der Waals surface area contributed by atoms with Crippen molar-refractivity contribution >= 4 is 46.6 Å². The molecule has 0 aliphatic carbocycles. The zero-order chi connectivity index (χ0) is 20.8. The van der Waals surface area contributed by atoms with Crippen molar-refractivity contribution in [3.63, 3.8) is 0 Å². The zero-order valence-corrected chi connectivity index (χ0v) is 17.4. The summed E-state index contributed by atoms with van der Waals surface area (Å²) in [6.45, 7) is 0.502. The maximum Gasteiger partial charge on any atom is 0.291 e. The minimum Gasteiger partial charge on any atom is -0.495 e. The molecule has 9 heteroatoms.